The van der Waals surface area contributed by atoms with Gasteiger partial charge in [0.05, 0.1) is 26.4 Å². The van der Waals surface area contributed by atoms with Crippen LogP contribution in [0.5, 0.6) is 0 Å². The number of hydrogen-bond acceptors (Lipinski definition) is 14. The summed E-state index contributed by atoms with van der Waals surface area (Å²) in [4.78, 5) is 58.1. The summed E-state index contributed by atoms with van der Waals surface area (Å²) in [6.45, 7) is 2.45. The molecule has 0 heterocycles. The Morgan fingerprint density at radius 3 is 1.06 bits per heavy atom. The third-order valence-corrected chi connectivity index (χ3v) is 15.0. The van der Waals surface area contributed by atoms with Crippen LogP contribution in [0.1, 0.15) is 252 Å². The zero-order chi connectivity index (χ0) is 61.0. The number of esters is 3. The number of phosphoric ester groups is 2. The van der Waals surface area contributed by atoms with E-state index in [1.54, 1.807) is 0 Å². The van der Waals surface area contributed by atoms with Gasteiger partial charge in [0.2, 0.25) is 0 Å². The molecule has 0 saturated heterocycles. The molecule has 0 radical (unpaired) electrons. The second-order valence-electron chi connectivity index (χ2n) is 21.2. The van der Waals surface area contributed by atoms with E-state index < -0.39 is 91.5 Å². The third-order valence-electron chi connectivity index (χ3n) is 13.1. The maximum atomic E-state index is 12.8. The third kappa shape index (κ3) is 60.2. The lowest BCUT2D eigenvalue weighted by atomic mass is 10.1. The average molecular weight is 1210 g/mol. The van der Waals surface area contributed by atoms with Crippen molar-refractivity contribution in [3.05, 3.63) is 85.1 Å². The number of unbranched alkanes of at least 4 members (excludes halogenated alkanes) is 23. The summed E-state index contributed by atoms with van der Waals surface area (Å²) < 4.78 is 60.6. The Hall–Kier alpha value is -3.27. The van der Waals surface area contributed by atoms with E-state index in [1.165, 1.54) is 38.5 Å². The van der Waals surface area contributed by atoms with E-state index >= 15 is 0 Å². The molecule has 0 aromatic heterocycles. The van der Waals surface area contributed by atoms with Crippen LogP contribution in [0.3, 0.4) is 0 Å². The molecule has 0 aliphatic carbocycles. The SMILES string of the molecule is CC/C=C\C/C=C\C/C=C\C/C=C\C/C=C\CCCCCCCCCC(=O)OCC(O)COP(=O)(O)OCC(O)COP(=O)(O)OCC(COC(=O)CCCCCCC/C=C\CCCCCC)OC(=O)CCCCCCC/C=C\CCCC. The van der Waals surface area contributed by atoms with Crippen LogP contribution in [0, 0.1) is 0 Å². The predicted molar refractivity (Wildman–Crippen MR) is 334 cm³/mol. The van der Waals surface area contributed by atoms with Crippen molar-refractivity contribution < 1.29 is 75.8 Å². The molecular formula is C65H114O16P2. The lowest BCUT2D eigenvalue weighted by Gasteiger charge is -2.21. The van der Waals surface area contributed by atoms with Crippen molar-refractivity contribution in [1.29, 1.82) is 0 Å². The molecule has 0 aliphatic rings. The fourth-order valence-electron chi connectivity index (χ4n) is 8.16. The van der Waals surface area contributed by atoms with Gasteiger partial charge in [-0.15, -0.1) is 0 Å². The van der Waals surface area contributed by atoms with E-state index in [1.807, 2.05) is 0 Å². The molecule has 0 bridgehead atoms. The van der Waals surface area contributed by atoms with Gasteiger partial charge < -0.3 is 34.2 Å². The zero-order valence-electron chi connectivity index (χ0n) is 51.6. The summed E-state index contributed by atoms with van der Waals surface area (Å²) in [5.41, 5.74) is 0. The summed E-state index contributed by atoms with van der Waals surface area (Å²) in [7, 11) is -9.76. The number of carbonyl (C=O) groups excluding carboxylic acids is 3. The van der Waals surface area contributed by atoms with Crippen LogP contribution in [0.15, 0.2) is 85.1 Å². The Kier molecular flexibility index (Phi) is 56.8. The molecule has 480 valence electrons. The molecule has 0 fully saturated rings. The van der Waals surface area contributed by atoms with Gasteiger partial charge in [-0.2, -0.15) is 0 Å². The average Bonchev–Trinajstić information content (AvgIpc) is 3.46. The Balaban J connectivity index is 4.53. The number of carbonyl (C=O) groups is 3. The topological polar surface area (TPSA) is 231 Å². The number of aliphatic hydroxyl groups excluding tert-OH is 2. The van der Waals surface area contributed by atoms with E-state index in [0.717, 1.165) is 154 Å². The highest BCUT2D eigenvalue weighted by Gasteiger charge is 2.29. The van der Waals surface area contributed by atoms with Gasteiger partial charge in [-0.1, -0.05) is 209 Å². The minimum Gasteiger partial charge on any atom is -0.463 e. The van der Waals surface area contributed by atoms with E-state index in [0.29, 0.717) is 19.3 Å². The number of rotatable bonds is 60. The maximum absolute atomic E-state index is 12.8. The van der Waals surface area contributed by atoms with Gasteiger partial charge in [0.25, 0.3) is 0 Å². The summed E-state index contributed by atoms with van der Waals surface area (Å²) in [6, 6.07) is 0. The molecule has 0 rings (SSSR count). The lowest BCUT2D eigenvalue weighted by molar-refractivity contribution is -0.161. The van der Waals surface area contributed by atoms with Gasteiger partial charge in [-0.05, 0) is 109 Å². The van der Waals surface area contributed by atoms with Crippen molar-refractivity contribution in [2.24, 2.45) is 0 Å². The molecular weight excluding hydrogens is 1100 g/mol. The van der Waals surface area contributed by atoms with Crippen molar-refractivity contribution in [3.63, 3.8) is 0 Å². The van der Waals surface area contributed by atoms with Gasteiger partial charge in [0.1, 0.15) is 25.4 Å². The van der Waals surface area contributed by atoms with E-state index in [2.05, 4.69) is 106 Å². The van der Waals surface area contributed by atoms with Gasteiger partial charge in [0.15, 0.2) is 6.10 Å². The minimum atomic E-state index is -4.92. The second-order valence-corrected chi connectivity index (χ2v) is 24.1. The van der Waals surface area contributed by atoms with Gasteiger partial charge >= 0.3 is 33.6 Å². The van der Waals surface area contributed by atoms with Crippen molar-refractivity contribution in [2.45, 2.75) is 270 Å². The van der Waals surface area contributed by atoms with Crippen molar-refractivity contribution in [1.82, 2.24) is 0 Å². The van der Waals surface area contributed by atoms with Crippen LogP contribution >= 0.6 is 15.6 Å². The van der Waals surface area contributed by atoms with Gasteiger partial charge in [-0.25, -0.2) is 9.13 Å². The first-order chi connectivity index (χ1) is 40.2. The standard InChI is InChI=1S/C65H114O16P2/c1-4-7-10-13-16-19-22-24-25-26-27-28-29-30-31-32-33-35-38-39-42-45-48-51-63(68)75-54-60(66)55-77-82(71,72)78-56-61(67)57-79-83(73,74)80-59-62(81-65(70)53-50-47-44-41-36-21-18-15-12-9-6-3)58-76-64(69)52-49-46-43-40-37-34-23-20-17-14-11-8-5-2/h7,10,15-16,18-20,23-25,27-28,30-31,60-62,66-67H,4-6,8-9,11-14,17,21-22,26,29,32-59H2,1-3H3,(H,71,72)(H,73,74)/b10-7-,18-15-,19-16-,23-20-,25-24-,28-27-,31-30-. The highest BCUT2D eigenvalue weighted by Crippen LogP contribution is 2.45. The first kappa shape index (κ1) is 79.7. The lowest BCUT2D eigenvalue weighted by Crippen LogP contribution is -2.30. The molecule has 16 nitrogen and oxygen atoms in total. The molecule has 0 saturated carbocycles. The molecule has 0 amide bonds. The highest BCUT2D eigenvalue weighted by molar-refractivity contribution is 7.47. The molecule has 5 unspecified atom stereocenters. The van der Waals surface area contributed by atoms with Crippen LogP contribution in [0.25, 0.3) is 0 Å². The number of phosphoric acid groups is 2. The quantitative estimate of drug-likeness (QED) is 0.0146. The summed E-state index contributed by atoms with van der Waals surface area (Å²) in [6.07, 6.45) is 60.8. The molecule has 0 spiro atoms. The smallest absolute Gasteiger partial charge is 0.463 e. The first-order valence-electron chi connectivity index (χ1n) is 31.9. The van der Waals surface area contributed by atoms with Crippen molar-refractivity contribution >= 4 is 33.6 Å². The van der Waals surface area contributed by atoms with Crippen LogP contribution in [0.4, 0.5) is 0 Å². The Labute approximate surface area is 502 Å². The monoisotopic (exact) mass is 1210 g/mol. The first-order valence-corrected chi connectivity index (χ1v) is 34.9. The molecule has 83 heavy (non-hydrogen) atoms. The molecule has 4 N–H and O–H groups in total. The molecule has 5 atom stereocenters. The number of allylic oxidation sites excluding steroid dienone is 14. The Bertz CT molecular complexity index is 1860. The number of ether oxygens (including phenoxy) is 3. The Morgan fingerprint density at radius 2 is 0.651 bits per heavy atom. The largest absolute Gasteiger partial charge is 0.472 e. The summed E-state index contributed by atoms with van der Waals surface area (Å²) in [5.74, 6) is -1.61. The van der Waals surface area contributed by atoms with Crippen molar-refractivity contribution in [3.8, 4) is 0 Å². The van der Waals surface area contributed by atoms with Gasteiger partial charge in [0, 0.05) is 19.3 Å². The van der Waals surface area contributed by atoms with Crippen LogP contribution in [-0.4, -0.2) is 95.9 Å². The van der Waals surface area contributed by atoms with Crippen LogP contribution in [-0.2, 0) is 55.8 Å². The number of hydrogen-bond donors (Lipinski definition) is 4. The zero-order valence-corrected chi connectivity index (χ0v) is 53.4. The van der Waals surface area contributed by atoms with Crippen LogP contribution < -0.4 is 0 Å². The number of aliphatic hydroxyl groups is 2. The summed E-state index contributed by atoms with van der Waals surface area (Å²) in [5, 5.41) is 20.5. The van der Waals surface area contributed by atoms with E-state index in [-0.39, 0.29) is 19.3 Å². The van der Waals surface area contributed by atoms with E-state index in [9.17, 15) is 43.5 Å². The van der Waals surface area contributed by atoms with Gasteiger partial charge in [-0.3, -0.25) is 32.5 Å². The molecule has 0 aromatic carbocycles. The van der Waals surface area contributed by atoms with Crippen LogP contribution in [0.2, 0.25) is 0 Å². The molecule has 0 aliphatic heterocycles. The fourth-order valence-corrected chi connectivity index (χ4v) is 9.74. The summed E-state index contributed by atoms with van der Waals surface area (Å²) >= 11 is 0. The van der Waals surface area contributed by atoms with E-state index in [4.69, 9.17) is 32.3 Å². The van der Waals surface area contributed by atoms with Crippen molar-refractivity contribution in [2.75, 3.05) is 39.6 Å². The molecule has 0 aromatic rings. The minimum absolute atomic E-state index is 0.0932. The normalized spacial score (nSPS) is 14.9. The Morgan fingerprint density at radius 1 is 0.349 bits per heavy atom. The predicted octanol–water partition coefficient (Wildman–Crippen LogP) is 17.0. The fraction of sp³-hybridized carbons (Fsp3) is 0.738. The second kappa shape index (κ2) is 59.1. The highest BCUT2D eigenvalue weighted by atomic mass is 31.2. The maximum Gasteiger partial charge on any atom is 0.472 e. The molecule has 18 heteroatoms.